The van der Waals surface area contributed by atoms with Crippen molar-refractivity contribution in [1.29, 1.82) is 0 Å². The fourth-order valence-electron chi connectivity index (χ4n) is 4.48. The number of rotatable bonds is 5. The summed E-state index contributed by atoms with van der Waals surface area (Å²) in [4.78, 5) is 31.3. The van der Waals surface area contributed by atoms with E-state index in [2.05, 4.69) is 15.3 Å². The van der Waals surface area contributed by atoms with E-state index in [0.29, 0.717) is 24.6 Å². The number of benzene rings is 2. The van der Waals surface area contributed by atoms with Crippen LogP contribution < -0.4 is 26.0 Å². The second-order valence-corrected chi connectivity index (χ2v) is 7.82. The highest BCUT2D eigenvalue weighted by Crippen LogP contribution is 2.36. The molecule has 5 rings (SSSR count). The summed E-state index contributed by atoms with van der Waals surface area (Å²) in [5.74, 6) is 0.976. The average Bonchev–Trinajstić information content (AvgIpc) is 3.19. The van der Waals surface area contributed by atoms with Gasteiger partial charge in [-0.1, -0.05) is 0 Å². The van der Waals surface area contributed by atoms with E-state index in [1.165, 1.54) is 0 Å². The van der Waals surface area contributed by atoms with Crippen LogP contribution in [0.4, 0.5) is 0 Å². The van der Waals surface area contributed by atoms with Gasteiger partial charge in [-0.3, -0.25) is 9.78 Å². The van der Waals surface area contributed by atoms with Crippen LogP contribution in [0.3, 0.4) is 0 Å². The molecule has 0 saturated heterocycles. The number of nitrogens with zero attached hydrogens (tertiary/aromatic N) is 1. The van der Waals surface area contributed by atoms with Crippen molar-refractivity contribution in [2.75, 3.05) is 20.3 Å². The lowest BCUT2D eigenvalue weighted by molar-refractivity contribution is 0.340. The minimum atomic E-state index is -0.720. The second-order valence-electron chi connectivity index (χ2n) is 7.82. The third-order valence-electron chi connectivity index (χ3n) is 5.97. The summed E-state index contributed by atoms with van der Waals surface area (Å²) in [6.45, 7) is 2.99. The van der Waals surface area contributed by atoms with Gasteiger partial charge in [0.2, 0.25) is 5.88 Å². The fraction of sp³-hybridized carbons (Fsp3) is 0.250. The normalized spacial score (nSPS) is 15.4. The maximum absolute atomic E-state index is 12.9. The third-order valence-corrected chi connectivity index (χ3v) is 5.97. The molecule has 0 amide bonds. The van der Waals surface area contributed by atoms with Crippen LogP contribution in [0.2, 0.25) is 0 Å². The number of fused-ring (bicyclic) bond motifs is 3. The van der Waals surface area contributed by atoms with E-state index in [9.17, 15) is 14.7 Å². The molecule has 0 spiro atoms. The van der Waals surface area contributed by atoms with Crippen molar-refractivity contribution in [3.63, 3.8) is 0 Å². The summed E-state index contributed by atoms with van der Waals surface area (Å²) in [7, 11) is 1.62. The SMILES string of the molecule is CCOc1ccc(-n2c(O)c([C@@H]3NCCc4c3[nH]c3ccc(OC)cc43)c(=O)[nH]c2=O)cc1. The number of aromatic hydroxyl groups is 1. The minimum absolute atomic E-state index is 0.0722. The first-order valence-corrected chi connectivity index (χ1v) is 10.7. The molecular formula is C24H24N4O5. The molecule has 0 bridgehead atoms. The molecule has 0 aliphatic carbocycles. The smallest absolute Gasteiger partial charge is 0.335 e. The first kappa shape index (κ1) is 20.9. The monoisotopic (exact) mass is 448 g/mol. The van der Waals surface area contributed by atoms with Gasteiger partial charge in [0.25, 0.3) is 5.56 Å². The van der Waals surface area contributed by atoms with Gasteiger partial charge in [0.05, 0.1) is 25.4 Å². The van der Waals surface area contributed by atoms with Crippen LogP contribution in [0.25, 0.3) is 16.6 Å². The van der Waals surface area contributed by atoms with Gasteiger partial charge in [-0.2, -0.15) is 0 Å². The van der Waals surface area contributed by atoms with Gasteiger partial charge in [-0.15, -0.1) is 0 Å². The first-order chi connectivity index (χ1) is 16.0. The average molecular weight is 448 g/mol. The van der Waals surface area contributed by atoms with Gasteiger partial charge >= 0.3 is 5.69 Å². The number of hydrogen-bond donors (Lipinski definition) is 4. The lowest BCUT2D eigenvalue weighted by Gasteiger charge is -2.25. The van der Waals surface area contributed by atoms with Crippen LogP contribution in [0.1, 0.15) is 29.8 Å². The van der Waals surface area contributed by atoms with Crippen molar-refractivity contribution in [2.24, 2.45) is 0 Å². The molecule has 33 heavy (non-hydrogen) atoms. The van der Waals surface area contributed by atoms with Gasteiger partial charge in [0, 0.05) is 23.1 Å². The molecular weight excluding hydrogens is 424 g/mol. The molecule has 2 aromatic heterocycles. The van der Waals surface area contributed by atoms with Crippen LogP contribution in [-0.4, -0.2) is 39.9 Å². The summed E-state index contributed by atoms with van der Waals surface area (Å²) < 4.78 is 11.9. The molecule has 1 aliphatic rings. The molecule has 170 valence electrons. The van der Waals surface area contributed by atoms with Crippen molar-refractivity contribution in [3.8, 4) is 23.1 Å². The predicted octanol–water partition coefficient (Wildman–Crippen LogP) is 2.36. The second kappa shape index (κ2) is 8.18. The van der Waals surface area contributed by atoms with E-state index in [-0.39, 0.29) is 5.56 Å². The Hall–Kier alpha value is -3.98. The van der Waals surface area contributed by atoms with E-state index in [0.717, 1.165) is 38.9 Å². The van der Waals surface area contributed by atoms with E-state index in [1.807, 2.05) is 25.1 Å². The molecule has 0 unspecified atom stereocenters. The Balaban J connectivity index is 1.66. The largest absolute Gasteiger partial charge is 0.497 e. The Morgan fingerprint density at radius 2 is 1.85 bits per heavy atom. The predicted molar refractivity (Wildman–Crippen MR) is 124 cm³/mol. The summed E-state index contributed by atoms with van der Waals surface area (Å²) >= 11 is 0. The Morgan fingerprint density at radius 1 is 1.09 bits per heavy atom. The number of aromatic amines is 2. The zero-order valence-corrected chi connectivity index (χ0v) is 18.3. The van der Waals surface area contributed by atoms with Crippen LogP contribution in [0.15, 0.2) is 52.1 Å². The summed E-state index contributed by atoms with van der Waals surface area (Å²) in [6, 6.07) is 11.8. The van der Waals surface area contributed by atoms with E-state index in [4.69, 9.17) is 9.47 Å². The molecule has 0 saturated carbocycles. The zero-order valence-electron chi connectivity index (χ0n) is 18.3. The van der Waals surface area contributed by atoms with Gasteiger partial charge in [-0.05, 0) is 61.4 Å². The van der Waals surface area contributed by atoms with Gasteiger partial charge < -0.3 is 24.9 Å². The molecule has 1 atom stereocenters. The number of nitrogens with one attached hydrogen (secondary N) is 3. The number of aromatic nitrogens is 3. The highest BCUT2D eigenvalue weighted by Gasteiger charge is 2.31. The van der Waals surface area contributed by atoms with Gasteiger partial charge in [0.15, 0.2) is 0 Å². The standard InChI is InChI=1S/C24H24N4O5/c1-3-33-14-6-4-13(5-7-14)28-23(30)19(22(29)27-24(28)31)21-20-16(10-11-25-21)17-12-15(32-2)8-9-18(17)26-20/h4-9,12,21,25-26,30H,3,10-11H2,1-2H3,(H,27,29,31)/t21-/m0/s1. The lowest BCUT2D eigenvalue weighted by Crippen LogP contribution is -2.38. The summed E-state index contributed by atoms with van der Waals surface area (Å²) in [5, 5.41) is 15.5. The lowest BCUT2D eigenvalue weighted by atomic mass is 9.95. The topological polar surface area (TPSA) is 121 Å². The molecule has 4 N–H and O–H groups in total. The maximum atomic E-state index is 12.9. The highest BCUT2D eigenvalue weighted by molar-refractivity contribution is 5.86. The Morgan fingerprint density at radius 3 is 2.58 bits per heavy atom. The van der Waals surface area contributed by atoms with Crippen LogP contribution in [-0.2, 0) is 6.42 Å². The maximum Gasteiger partial charge on any atom is 0.335 e. The van der Waals surface area contributed by atoms with Crippen molar-refractivity contribution in [1.82, 2.24) is 19.9 Å². The Kier molecular flexibility index (Phi) is 5.18. The van der Waals surface area contributed by atoms with Crippen LogP contribution >= 0.6 is 0 Å². The molecule has 9 nitrogen and oxygen atoms in total. The van der Waals surface area contributed by atoms with Crippen molar-refractivity contribution in [3.05, 3.63) is 80.1 Å². The molecule has 4 aromatic rings. The van der Waals surface area contributed by atoms with Crippen molar-refractivity contribution in [2.45, 2.75) is 19.4 Å². The zero-order chi connectivity index (χ0) is 23.1. The van der Waals surface area contributed by atoms with E-state index < -0.39 is 23.2 Å². The molecule has 3 heterocycles. The first-order valence-electron chi connectivity index (χ1n) is 10.7. The molecule has 1 aliphatic heterocycles. The van der Waals surface area contributed by atoms with Crippen molar-refractivity contribution < 1.29 is 14.6 Å². The van der Waals surface area contributed by atoms with Gasteiger partial charge in [-0.25, -0.2) is 9.36 Å². The fourth-order valence-corrected chi connectivity index (χ4v) is 4.48. The number of hydrogen-bond acceptors (Lipinski definition) is 6. The van der Waals surface area contributed by atoms with Crippen molar-refractivity contribution >= 4 is 10.9 Å². The van der Waals surface area contributed by atoms with Crippen LogP contribution in [0.5, 0.6) is 17.4 Å². The summed E-state index contributed by atoms with van der Waals surface area (Å²) in [5.41, 5.74) is 1.86. The quantitative estimate of drug-likeness (QED) is 0.372. The minimum Gasteiger partial charge on any atom is -0.497 e. The third kappa shape index (κ3) is 3.46. The number of ether oxygens (including phenoxy) is 2. The molecule has 9 heteroatoms. The van der Waals surface area contributed by atoms with Gasteiger partial charge in [0.1, 0.15) is 17.1 Å². The Labute approximate surface area is 188 Å². The molecule has 0 fully saturated rings. The van der Waals surface area contributed by atoms with E-state index >= 15 is 0 Å². The molecule has 2 aromatic carbocycles. The molecule has 0 radical (unpaired) electrons. The highest BCUT2D eigenvalue weighted by atomic mass is 16.5. The van der Waals surface area contributed by atoms with Crippen LogP contribution in [0, 0.1) is 0 Å². The Bertz CT molecular complexity index is 1450. The number of H-pyrrole nitrogens is 2. The summed E-state index contributed by atoms with van der Waals surface area (Å²) in [6.07, 6.45) is 0.746. The number of methoxy groups -OCH3 is 1. The van der Waals surface area contributed by atoms with E-state index in [1.54, 1.807) is 31.4 Å².